The molecular weight excluding hydrogens is 498 g/mol. The van der Waals surface area contributed by atoms with Crippen LogP contribution in [0.25, 0.3) is 0 Å². The Hall–Kier alpha value is -3.55. The number of hydrogen-bond donors (Lipinski definition) is 1. The summed E-state index contributed by atoms with van der Waals surface area (Å²) >= 11 is 0. The first-order valence-electron chi connectivity index (χ1n) is 13.5. The Labute approximate surface area is 232 Å². The number of hydrogen-bond acceptors (Lipinski definition) is 7. The van der Waals surface area contributed by atoms with Crippen LogP contribution in [-0.2, 0) is 36.8 Å². The molecule has 0 radical (unpaired) electrons. The van der Waals surface area contributed by atoms with Crippen LogP contribution < -0.4 is 10.1 Å². The maximum absolute atomic E-state index is 13.5. The van der Waals surface area contributed by atoms with Gasteiger partial charge < -0.3 is 24.3 Å². The van der Waals surface area contributed by atoms with E-state index in [1.807, 2.05) is 49.4 Å². The number of benzene rings is 2. The molecule has 0 aliphatic rings. The lowest BCUT2D eigenvalue weighted by molar-refractivity contribution is -0.160. The molecule has 2 rings (SSSR count). The molecule has 0 heterocycles. The number of carbonyl (C=O) groups excluding carboxylic acids is 3. The Kier molecular flexibility index (Phi) is 12.8. The molecule has 0 saturated carbocycles. The molecule has 2 aromatic rings. The minimum atomic E-state index is -1.02. The molecule has 8 heteroatoms. The lowest BCUT2D eigenvalue weighted by atomic mass is 9.95. The van der Waals surface area contributed by atoms with E-state index >= 15 is 0 Å². The van der Waals surface area contributed by atoms with Gasteiger partial charge in [-0.3, -0.25) is 4.79 Å². The fourth-order valence-electron chi connectivity index (χ4n) is 3.90. The summed E-state index contributed by atoms with van der Waals surface area (Å²) in [5, 5.41) is 2.65. The van der Waals surface area contributed by atoms with Gasteiger partial charge in [-0.05, 0) is 56.4 Å². The molecule has 0 spiro atoms. The molecule has 1 amide bonds. The fourth-order valence-corrected chi connectivity index (χ4v) is 3.90. The van der Waals surface area contributed by atoms with Crippen LogP contribution in [0.4, 0.5) is 4.79 Å². The second-order valence-corrected chi connectivity index (χ2v) is 10.7. The van der Waals surface area contributed by atoms with Crippen molar-refractivity contribution in [1.29, 1.82) is 0 Å². The quantitative estimate of drug-likeness (QED) is 0.231. The Morgan fingerprint density at radius 3 is 2.21 bits per heavy atom. The summed E-state index contributed by atoms with van der Waals surface area (Å²) in [7, 11) is 1.57. The van der Waals surface area contributed by atoms with Crippen LogP contribution in [-0.4, -0.2) is 42.9 Å². The normalized spacial score (nSPS) is 13.5. The van der Waals surface area contributed by atoms with Gasteiger partial charge in [0, 0.05) is 6.42 Å². The summed E-state index contributed by atoms with van der Waals surface area (Å²) in [6, 6.07) is 15.6. The minimum Gasteiger partial charge on any atom is -0.497 e. The van der Waals surface area contributed by atoms with Crippen molar-refractivity contribution in [1.82, 2.24) is 5.32 Å². The number of alkyl carbamates (subject to hydrolysis) is 1. The highest BCUT2D eigenvalue weighted by Crippen LogP contribution is 2.21. The summed E-state index contributed by atoms with van der Waals surface area (Å²) in [5.41, 5.74) is 0.935. The fraction of sp³-hybridized carbons (Fsp3) is 0.516. The monoisotopic (exact) mass is 541 g/mol. The zero-order chi connectivity index (χ0) is 28.8. The standard InChI is InChI=1S/C31H43NO7/c1-7-8-12-22(2)27(20-28(33)37-21-24-13-10-9-11-14-24)38-29(34)26(32-30(35)39-31(3,4)5)19-23-15-17-25(36-6)18-16-23/h9-11,13-18,22,26-27H,7-8,12,19-21H2,1-6H3,(H,32,35)/t22-,26-,27-/m0/s1. The third kappa shape index (κ3) is 12.2. The summed E-state index contributed by atoms with van der Waals surface area (Å²) in [6.07, 6.45) is 1.36. The third-order valence-corrected chi connectivity index (χ3v) is 6.10. The molecule has 3 atom stereocenters. The molecular formula is C31H43NO7. The maximum atomic E-state index is 13.5. The SMILES string of the molecule is CCCC[C@H](C)[C@H](CC(=O)OCc1ccccc1)OC(=O)[C@H](Cc1ccc(OC)cc1)NC(=O)OC(C)(C)C. The number of rotatable bonds is 14. The predicted molar refractivity (Wildman–Crippen MR) is 149 cm³/mol. The van der Waals surface area contributed by atoms with Crippen molar-refractivity contribution in [3.63, 3.8) is 0 Å². The van der Waals surface area contributed by atoms with E-state index in [-0.39, 0.29) is 25.4 Å². The van der Waals surface area contributed by atoms with Crippen LogP contribution in [0.15, 0.2) is 54.6 Å². The van der Waals surface area contributed by atoms with Gasteiger partial charge >= 0.3 is 18.0 Å². The van der Waals surface area contributed by atoms with Crippen molar-refractivity contribution < 1.29 is 33.3 Å². The number of ether oxygens (including phenoxy) is 4. The van der Waals surface area contributed by atoms with Gasteiger partial charge in [0.1, 0.15) is 30.1 Å². The Bertz CT molecular complexity index is 1030. The van der Waals surface area contributed by atoms with Crippen molar-refractivity contribution in [2.24, 2.45) is 5.92 Å². The van der Waals surface area contributed by atoms with Crippen molar-refractivity contribution in [3.05, 3.63) is 65.7 Å². The van der Waals surface area contributed by atoms with Gasteiger partial charge in [-0.15, -0.1) is 0 Å². The molecule has 0 aliphatic carbocycles. The van der Waals surface area contributed by atoms with Gasteiger partial charge in [-0.1, -0.05) is 69.2 Å². The van der Waals surface area contributed by atoms with E-state index in [2.05, 4.69) is 12.2 Å². The molecule has 39 heavy (non-hydrogen) atoms. The highest BCUT2D eigenvalue weighted by atomic mass is 16.6. The first kappa shape index (κ1) is 31.7. The molecule has 0 aromatic heterocycles. The highest BCUT2D eigenvalue weighted by Gasteiger charge is 2.31. The second-order valence-electron chi connectivity index (χ2n) is 10.7. The molecule has 2 aromatic carbocycles. The summed E-state index contributed by atoms with van der Waals surface area (Å²) in [6.45, 7) is 9.42. The predicted octanol–water partition coefficient (Wildman–Crippen LogP) is 6.00. The number of methoxy groups -OCH3 is 1. The van der Waals surface area contributed by atoms with Gasteiger partial charge in [0.2, 0.25) is 0 Å². The van der Waals surface area contributed by atoms with Crippen LogP contribution in [0.3, 0.4) is 0 Å². The van der Waals surface area contributed by atoms with Gasteiger partial charge in [0.25, 0.3) is 0 Å². The number of amides is 1. The number of unbranched alkanes of at least 4 members (excludes halogenated alkanes) is 1. The van der Waals surface area contributed by atoms with Crippen LogP contribution in [0.2, 0.25) is 0 Å². The van der Waals surface area contributed by atoms with Crippen molar-refractivity contribution >= 4 is 18.0 Å². The Morgan fingerprint density at radius 2 is 1.62 bits per heavy atom. The zero-order valence-electron chi connectivity index (χ0n) is 24.0. The van der Waals surface area contributed by atoms with E-state index in [0.717, 1.165) is 30.4 Å². The van der Waals surface area contributed by atoms with Crippen LogP contribution in [0.1, 0.15) is 71.4 Å². The molecule has 0 unspecified atom stereocenters. The molecule has 0 aliphatic heterocycles. The zero-order valence-corrected chi connectivity index (χ0v) is 24.0. The summed E-state index contributed by atoms with van der Waals surface area (Å²) in [4.78, 5) is 38.8. The Morgan fingerprint density at radius 1 is 0.949 bits per heavy atom. The van der Waals surface area contributed by atoms with E-state index in [9.17, 15) is 14.4 Å². The van der Waals surface area contributed by atoms with Crippen LogP contribution >= 0.6 is 0 Å². The van der Waals surface area contributed by atoms with Crippen molar-refractivity contribution in [2.45, 2.75) is 91.1 Å². The minimum absolute atomic E-state index is 0.0782. The first-order chi connectivity index (χ1) is 18.5. The van der Waals surface area contributed by atoms with Crippen LogP contribution in [0.5, 0.6) is 5.75 Å². The summed E-state index contributed by atoms with van der Waals surface area (Å²) in [5.74, 6) is -0.495. The largest absolute Gasteiger partial charge is 0.497 e. The van der Waals surface area contributed by atoms with E-state index in [0.29, 0.717) is 5.75 Å². The van der Waals surface area contributed by atoms with Gasteiger partial charge in [0.15, 0.2) is 0 Å². The molecule has 0 bridgehead atoms. The van der Waals surface area contributed by atoms with Gasteiger partial charge in [-0.25, -0.2) is 9.59 Å². The average molecular weight is 542 g/mol. The highest BCUT2D eigenvalue weighted by molar-refractivity contribution is 5.82. The third-order valence-electron chi connectivity index (χ3n) is 6.10. The van der Waals surface area contributed by atoms with E-state index < -0.39 is 35.8 Å². The number of nitrogens with one attached hydrogen (secondary N) is 1. The molecule has 214 valence electrons. The molecule has 0 saturated heterocycles. The lowest BCUT2D eigenvalue weighted by Crippen LogP contribution is -2.47. The molecule has 1 N–H and O–H groups in total. The topological polar surface area (TPSA) is 100 Å². The molecule has 8 nitrogen and oxygen atoms in total. The number of esters is 2. The van der Waals surface area contributed by atoms with Gasteiger partial charge in [-0.2, -0.15) is 0 Å². The van der Waals surface area contributed by atoms with Gasteiger partial charge in [0.05, 0.1) is 13.5 Å². The average Bonchev–Trinajstić information content (AvgIpc) is 2.89. The smallest absolute Gasteiger partial charge is 0.408 e. The summed E-state index contributed by atoms with van der Waals surface area (Å²) < 4.78 is 22.0. The van der Waals surface area contributed by atoms with E-state index in [1.54, 1.807) is 40.0 Å². The second kappa shape index (κ2) is 15.8. The van der Waals surface area contributed by atoms with Crippen molar-refractivity contribution in [3.8, 4) is 5.75 Å². The first-order valence-corrected chi connectivity index (χ1v) is 13.5. The van der Waals surface area contributed by atoms with E-state index in [1.165, 1.54) is 0 Å². The Balaban J connectivity index is 2.17. The lowest BCUT2D eigenvalue weighted by Gasteiger charge is -2.27. The number of carbonyl (C=O) groups is 3. The van der Waals surface area contributed by atoms with Crippen LogP contribution in [0, 0.1) is 5.92 Å². The maximum Gasteiger partial charge on any atom is 0.408 e. The van der Waals surface area contributed by atoms with Crippen molar-refractivity contribution in [2.75, 3.05) is 7.11 Å². The van der Waals surface area contributed by atoms with E-state index in [4.69, 9.17) is 18.9 Å². The molecule has 0 fully saturated rings.